The second-order valence-corrected chi connectivity index (χ2v) is 8.71. The third kappa shape index (κ3) is 5.71. The summed E-state index contributed by atoms with van der Waals surface area (Å²) in [6, 6.07) is 9.60. The first kappa shape index (κ1) is 29.2. The van der Waals surface area contributed by atoms with Crippen molar-refractivity contribution in [3.8, 4) is 17.2 Å². The predicted octanol–water partition coefficient (Wildman–Crippen LogP) is 4.41. The van der Waals surface area contributed by atoms with Crippen LogP contribution in [0.2, 0.25) is 5.02 Å². The minimum atomic E-state index is -1.02. The third-order valence-corrected chi connectivity index (χ3v) is 6.05. The fraction of sp³-hybridized carbons (Fsp3) is 0.0769. The van der Waals surface area contributed by atoms with E-state index in [1.807, 2.05) is 0 Å². The summed E-state index contributed by atoms with van der Waals surface area (Å²) in [5, 5.41) is 24.4. The summed E-state index contributed by atoms with van der Waals surface area (Å²) in [6.07, 6.45) is 1.13. The van der Waals surface area contributed by atoms with Crippen molar-refractivity contribution < 1.29 is 43.2 Å². The Bertz CT molecular complexity index is 1700. The molecule has 0 atom stereocenters. The number of hydrogen-bond donors (Lipinski definition) is 1. The normalized spacial score (nSPS) is 13.9. The lowest BCUT2D eigenvalue weighted by atomic mass is 10.1. The van der Waals surface area contributed by atoms with Crippen LogP contribution >= 0.6 is 11.6 Å². The summed E-state index contributed by atoms with van der Waals surface area (Å²) in [5.74, 6) is -3.24. The molecule has 0 bridgehead atoms. The van der Waals surface area contributed by atoms with Gasteiger partial charge in [-0.2, -0.15) is 0 Å². The van der Waals surface area contributed by atoms with Gasteiger partial charge in [-0.05, 0) is 54.1 Å². The zero-order valence-electron chi connectivity index (χ0n) is 21.5. The molecule has 15 nitrogen and oxygen atoms in total. The van der Waals surface area contributed by atoms with E-state index in [4.69, 9.17) is 21.1 Å². The van der Waals surface area contributed by atoms with Gasteiger partial charge in [0.25, 0.3) is 17.5 Å². The van der Waals surface area contributed by atoms with E-state index in [9.17, 15) is 39.4 Å². The highest BCUT2D eigenvalue weighted by molar-refractivity contribution is 6.39. The Morgan fingerprint density at radius 1 is 0.952 bits per heavy atom. The zero-order chi connectivity index (χ0) is 30.7. The van der Waals surface area contributed by atoms with Crippen LogP contribution in [-0.2, 0) is 14.3 Å². The van der Waals surface area contributed by atoms with Crippen molar-refractivity contribution in [1.82, 2.24) is 5.32 Å². The summed E-state index contributed by atoms with van der Waals surface area (Å²) in [5.41, 5.74) is -1.31. The number of nitrogens with one attached hydrogen (secondary N) is 1. The van der Waals surface area contributed by atoms with Crippen LogP contribution in [0.25, 0.3) is 6.08 Å². The summed E-state index contributed by atoms with van der Waals surface area (Å²) < 4.78 is 15.5. The average Bonchev–Trinajstić information content (AvgIpc) is 2.96. The molecule has 1 N–H and O–H groups in total. The molecule has 1 saturated heterocycles. The number of urea groups is 1. The fourth-order valence-corrected chi connectivity index (χ4v) is 4.06. The summed E-state index contributed by atoms with van der Waals surface area (Å²) in [6.45, 7) is 0. The number of carbonyl (C=O) groups excluding carboxylic acids is 4. The third-order valence-electron chi connectivity index (χ3n) is 5.77. The Morgan fingerprint density at radius 3 is 2.24 bits per heavy atom. The molecular formula is C26H17ClN4O11. The van der Waals surface area contributed by atoms with Gasteiger partial charge in [-0.25, -0.2) is 14.5 Å². The van der Waals surface area contributed by atoms with Gasteiger partial charge in [-0.1, -0.05) is 11.6 Å². The smallest absolute Gasteiger partial charge is 0.337 e. The monoisotopic (exact) mass is 596 g/mol. The molecule has 3 aromatic carbocycles. The van der Waals surface area contributed by atoms with E-state index in [1.54, 1.807) is 0 Å². The Hall–Kier alpha value is -5.83. The second kappa shape index (κ2) is 11.7. The first-order valence-corrected chi connectivity index (χ1v) is 11.9. The van der Waals surface area contributed by atoms with Crippen LogP contribution in [0.1, 0.15) is 15.9 Å². The van der Waals surface area contributed by atoms with Crippen LogP contribution < -0.4 is 19.7 Å². The van der Waals surface area contributed by atoms with Gasteiger partial charge in [0.1, 0.15) is 5.57 Å². The predicted molar refractivity (Wildman–Crippen MR) is 145 cm³/mol. The lowest BCUT2D eigenvalue weighted by Crippen LogP contribution is -2.54. The molecule has 1 aliphatic rings. The molecule has 4 amide bonds. The number of carbonyl (C=O) groups is 4. The van der Waals surface area contributed by atoms with Crippen LogP contribution in [0.15, 0.2) is 60.2 Å². The van der Waals surface area contributed by atoms with Gasteiger partial charge in [0, 0.05) is 6.07 Å². The average molecular weight is 597 g/mol. The van der Waals surface area contributed by atoms with Crippen LogP contribution in [0.3, 0.4) is 0 Å². The highest BCUT2D eigenvalue weighted by atomic mass is 35.5. The number of nitrogens with zero attached hydrogens (tertiary/aromatic N) is 3. The van der Waals surface area contributed by atoms with Crippen molar-refractivity contribution in [3.05, 3.63) is 96.5 Å². The fourth-order valence-electron chi connectivity index (χ4n) is 3.80. The number of nitro groups is 2. The Kier molecular flexibility index (Phi) is 8.14. The van der Waals surface area contributed by atoms with Crippen LogP contribution in [0.5, 0.6) is 17.2 Å². The quantitative estimate of drug-likeness (QED) is 0.127. The summed E-state index contributed by atoms with van der Waals surface area (Å²) >= 11 is 6.37. The van der Waals surface area contributed by atoms with Gasteiger partial charge in [0.15, 0.2) is 11.5 Å². The van der Waals surface area contributed by atoms with Crippen LogP contribution in [0, 0.1) is 20.2 Å². The molecule has 1 aliphatic heterocycles. The number of ether oxygens (including phenoxy) is 3. The molecular weight excluding hydrogens is 580 g/mol. The van der Waals surface area contributed by atoms with E-state index in [1.165, 1.54) is 50.6 Å². The van der Waals surface area contributed by atoms with Gasteiger partial charge in [-0.15, -0.1) is 0 Å². The Balaban J connectivity index is 1.69. The number of barbiturate groups is 1. The number of imide groups is 2. The summed E-state index contributed by atoms with van der Waals surface area (Å²) in [7, 11) is 2.43. The number of methoxy groups -OCH3 is 2. The zero-order valence-corrected chi connectivity index (χ0v) is 22.2. The van der Waals surface area contributed by atoms with E-state index in [2.05, 4.69) is 10.1 Å². The van der Waals surface area contributed by atoms with Crippen molar-refractivity contribution in [2.24, 2.45) is 0 Å². The second-order valence-electron chi connectivity index (χ2n) is 8.30. The first-order chi connectivity index (χ1) is 19.9. The SMILES string of the molecule is COC(=O)c1ccc(N2C(=O)NC(=O)/C(=C\c3cc(Cl)c(Oc4ccc([N+](=O)[O-])cc4[N+](=O)[O-])c(OC)c3)C2=O)cc1. The van der Waals surface area contributed by atoms with Crippen molar-refractivity contribution in [2.75, 3.05) is 19.1 Å². The van der Waals surface area contributed by atoms with Gasteiger partial charge in [0.05, 0.1) is 46.4 Å². The minimum absolute atomic E-state index is 0.0626. The topological polar surface area (TPSA) is 198 Å². The van der Waals surface area contributed by atoms with Crippen molar-refractivity contribution in [3.63, 3.8) is 0 Å². The lowest BCUT2D eigenvalue weighted by molar-refractivity contribution is -0.394. The molecule has 0 aliphatic carbocycles. The Morgan fingerprint density at radius 2 is 1.64 bits per heavy atom. The number of nitro benzene ring substituents is 2. The summed E-state index contributed by atoms with van der Waals surface area (Å²) in [4.78, 5) is 71.6. The molecule has 42 heavy (non-hydrogen) atoms. The number of hydrogen-bond acceptors (Lipinski definition) is 11. The van der Waals surface area contributed by atoms with Gasteiger partial charge in [-0.3, -0.25) is 35.1 Å². The molecule has 214 valence electrons. The number of anilines is 1. The van der Waals surface area contributed by atoms with E-state index in [0.717, 1.165) is 24.3 Å². The molecule has 0 unspecified atom stereocenters. The van der Waals surface area contributed by atoms with Gasteiger partial charge < -0.3 is 14.2 Å². The largest absolute Gasteiger partial charge is 0.493 e. The molecule has 0 aromatic heterocycles. The number of amides is 4. The highest BCUT2D eigenvalue weighted by Gasteiger charge is 2.37. The molecule has 0 saturated carbocycles. The molecule has 1 fully saturated rings. The number of halogens is 1. The van der Waals surface area contributed by atoms with E-state index < -0.39 is 50.6 Å². The molecule has 16 heteroatoms. The van der Waals surface area contributed by atoms with Crippen LogP contribution in [0.4, 0.5) is 21.9 Å². The lowest BCUT2D eigenvalue weighted by Gasteiger charge is -2.26. The van der Waals surface area contributed by atoms with Gasteiger partial charge >= 0.3 is 17.7 Å². The highest BCUT2D eigenvalue weighted by Crippen LogP contribution is 2.43. The van der Waals surface area contributed by atoms with Crippen LogP contribution in [-0.4, -0.2) is 47.9 Å². The standard InChI is InChI=1S/C26H17ClN4O11/c1-40-21-11-13(10-18(27)22(21)42-20-8-7-16(30(36)37)12-19(20)31(38)39)9-17-23(32)28-26(35)29(24(17)33)15-5-3-14(4-6-15)25(34)41-2/h3-12H,1-2H3,(H,28,32,35)/b17-9+. The first-order valence-electron chi connectivity index (χ1n) is 11.5. The number of rotatable bonds is 8. The molecule has 4 rings (SSSR count). The van der Waals surface area contributed by atoms with Crippen molar-refractivity contribution in [2.45, 2.75) is 0 Å². The maximum absolute atomic E-state index is 13.2. The van der Waals surface area contributed by atoms with Crippen molar-refractivity contribution in [1.29, 1.82) is 0 Å². The molecule has 0 spiro atoms. The number of non-ortho nitro benzene ring substituents is 1. The van der Waals surface area contributed by atoms with E-state index >= 15 is 0 Å². The molecule has 3 aromatic rings. The van der Waals surface area contributed by atoms with Gasteiger partial charge in [0.2, 0.25) is 5.75 Å². The van der Waals surface area contributed by atoms with E-state index in [0.29, 0.717) is 4.90 Å². The van der Waals surface area contributed by atoms with E-state index in [-0.39, 0.29) is 39.1 Å². The van der Waals surface area contributed by atoms with Crippen molar-refractivity contribution >= 4 is 58.6 Å². The number of benzene rings is 3. The molecule has 1 heterocycles. The maximum atomic E-state index is 13.2. The molecule has 0 radical (unpaired) electrons. The Labute approximate surface area is 240 Å². The maximum Gasteiger partial charge on any atom is 0.337 e. The number of esters is 1. The minimum Gasteiger partial charge on any atom is -0.493 e.